The molecule has 0 bridgehead atoms. The third kappa shape index (κ3) is 3.38. The quantitative estimate of drug-likeness (QED) is 0.587. The minimum atomic E-state index is 0.448. The van der Waals surface area contributed by atoms with Crippen LogP contribution in [0.5, 0.6) is 5.75 Å². The summed E-state index contributed by atoms with van der Waals surface area (Å²) in [6.07, 6.45) is 2.17. The van der Waals surface area contributed by atoms with Crippen LogP contribution in [-0.2, 0) is 0 Å². The fraction of sp³-hybridized carbons (Fsp3) is 0.381. The van der Waals surface area contributed by atoms with Crippen molar-refractivity contribution in [2.45, 2.75) is 46.6 Å². The summed E-state index contributed by atoms with van der Waals surface area (Å²) in [4.78, 5) is 0. The highest BCUT2D eigenvalue weighted by Crippen LogP contribution is 2.36. The molecule has 3 rings (SSSR count). The van der Waals surface area contributed by atoms with Crippen molar-refractivity contribution in [3.63, 3.8) is 0 Å². The zero-order chi connectivity index (χ0) is 18.8. The molecule has 2 aromatic heterocycles. The molecule has 0 aliphatic carbocycles. The maximum absolute atomic E-state index is 6.54. The Hall–Kier alpha value is -2.20. The largest absolute Gasteiger partial charge is 0.497 e. The van der Waals surface area contributed by atoms with Crippen LogP contribution >= 0.6 is 11.6 Å². The Labute approximate surface area is 160 Å². The number of hydrogen-bond donors (Lipinski definition) is 1. The molecular formula is C21H26ClN3O. The standard InChI is InChI=1S/C21H26ClN3O/c1-6-15(7-2)23-19-11-14(4)24-25-20(19)10-13(3)21(25)17-9-8-16(26-5)12-18(17)22/h8-12,15,23H,6-7H2,1-5H3. The fourth-order valence-corrected chi connectivity index (χ4v) is 3.62. The summed E-state index contributed by atoms with van der Waals surface area (Å²) in [6, 6.07) is 10.5. The van der Waals surface area contributed by atoms with E-state index in [2.05, 4.69) is 38.2 Å². The number of aromatic nitrogens is 2. The Morgan fingerprint density at radius 1 is 1.15 bits per heavy atom. The van der Waals surface area contributed by atoms with Gasteiger partial charge in [0.25, 0.3) is 0 Å². The van der Waals surface area contributed by atoms with Crippen molar-refractivity contribution in [2.24, 2.45) is 0 Å². The van der Waals surface area contributed by atoms with Gasteiger partial charge in [-0.1, -0.05) is 25.4 Å². The van der Waals surface area contributed by atoms with E-state index in [1.165, 1.54) is 0 Å². The van der Waals surface area contributed by atoms with E-state index in [1.54, 1.807) is 7.11 Å². The average Bonchev–Trinajstić information content (AvgIpc) is 2.95. The Morgan fingerprint density at radius 2 is 1.88 bits per heavy atom. The first kappa shape index (κ1) is 18.6. The van der Waals surface area contributed by atoms with Crippen LogP contribution in [0.25, 0.3) is 16.8 Å². The first-order chi connectivity index (χ1) is 12.5. The van der Waals surface area contributed by atoms with Crippen LogP contribution in [0.1, 0.15) is 37.9 Å². The minimum absolute atomic E-state index is 0.448. The second kappa shape index (κ2) is 7.58. The van der Waals surface area contributed by atoms with E-state index >= 15 is 0 Å². The molecule has 0 amide bonds. The molecule has 26 heavy (non-hydrogen) atoms. The summed E-state index contributed by atoms with van der Waals surface area (Å²) in [5.74, 6) is 0.748. The molecule has 0 spiro atoms. The molecule has 0 radical (unpaired) electrons. The Balaban J connectivity index is 2.19. The summed E-state index contributed by atoms with van der Waals surface area (Å²) >= 11 is 6.54. The van der Waals surface area contributed by atoms with E-state index in [0.717, 1.165) is 52.3 Å². The van der Waals surface area contributed by atoms with E-state index in [1.807, 2.05) is 29.6 Å². The molecule has 138 valence electrons. The van der Waals surface area contributed by atoms with Crippen molar-refractivity contribution in [3.05, 3.63) is 46.6 Å². The summed E-state index contributed by atoms with van der Waals surface area (Å²) in [7, 11) is 1.64. The van der Waals surface area contributed by atoms with Gasteiger partial charge in [0.2, 0.25) is 0 Å². The van der Waals surface area contributed by atoms with Crippen molar-refractivity contribution in [2.75, 3.05) is 12.4 Å². The van der Waals surface area contributed by atoms with Gasteiger partial charge in [0, 0.05) is 11.6 Å². The number of benzene rings is 1. The molecule has 0 fully saturated rings. The summed E-state index contributed by atoms with van der Waals surface area (Å²) in [6.45, 7) is 8.53. The highest BCUT2D eigenvalue weighted by molar-refractivity contribution is 6.33. The summed E-state index contributed by atoms with van der Waals surface area (Å²) in [5.41, 5.74) is 6.27. The van der Waals surface area contributed by atoms with Gasteiger partial charge >= 0.3 is 0 Å². The first-order valence-corrected chi connectivity index (χ1v) is 9.46. The number of nitrogens with one attached hydrogen (secondary N) is 1. The minimum Gasteiger partial charge on any atom is -0.497 e. The first-order valence-electron chi connectivity index (χ1n) is 9.08. The molecule has 0 atom stereocenters. The summed E-state index contributed by atoms with van der Waals surface area (Å²) in [5, 5.41) is 9.09. The molecule has 1 N–H and O–H groups in total. The number of halogens is 1. The molecular weight excluding hydrogens is 346 g/mol. The molecule has 3 aromatic rings. The molecule has 5 heteroatoms. The molecule has 0 unspecified atom stereocenters. The number of ether oxygens (including phenoxy) is 1. The second-order valence-corrected chi connectivity index (χ2v) is 7.08. The Morgan fingerprint density at radius 3 is 2.50 bits per heavy atom. The molecule has 0 saturated heterocycles. The van der Waals surface area contributed by atoms with Gasteiger partial charge in [0.15, 0.2) is 0 Å². The summed E-state index contributed by atoms with van der Waals surface area (Å²) < 4.78 is 7.28. The number of aryl methyl sites for hydroxylation is 2. The maximum atomic E-state index is 6.54. The van der Waals surface area contributed by atoms with Crippen LogP contribution in [-0.4, -0.2) is 22.8 Å². The predicted octanol–water partition coefficient (Wildman–Crippen LogP) is 5.88. The monoisotopic (exact) mass is 371 g/mol. The topological polar surface area (TPSA) is 38.6 Å². The van der Waals surface area contributed by atoms with E-state index in [4.69, 9.17) is 21.4 Å². The molecule has 2 heterocycles. The molecule has 0 saturated carbocycles. The van der Waals surface area contributed by atoms with Gasteiger partial charge in [0.05, 0.1) is 34.7 Å². The maximum Gasteiger partial charge on any atom is 0.120 e. The SMILES string of the molecule is CCC(CC)Nc1cc(C)nn2c(-c3ccc(OC)cc3Cl)c(C)cc12. The van der Waals surface area contributed by atoms with Crippen molar-refractivity contribution in [1.29, 1.82) is 0 Å². The van der Waals surface area contributed by atoms with Gasteiger partial charge in [-0.05, 0) is 62.6 Å². The Kier molecular flexibility index (Phi) is 5.42. The number of fused-ring (bicyclic) bond motifs is 1. The van der Waals surface area contributed by atoms with Crippen LogP contribution in [0.2, 0.25) is 5.02 Å². The normalized spacial score (nSPS) is 11.3. The highest BCUT2D eigenvalue weighted by atomic mass is 35.5. The zero-order valence-corrected chi connectivity index (χ0v) is 16.8. The smallest absolute Gasteiger partial charge is 0.120 e. The van der Waals surface area contributed by atoms with Gasteiger partial charge in [-0.25, -0.2) is 4.52 Å². The second-order valence-electron chi connectivity index (χ2n) is 6.68. The van der Waals surface area contributed by atoms with E-state index in [0.29, 0.717) is 11.1 Å². The molecule has 0 aliphatic rings. The third-order valence-electron chi connectivity index (χ3n) is 4.83. The van der Waals surface area contributed by atoms with Crippen molar-refractivity contribution >= 4 is 22.8 Å². The molecule has 1 aromatic carbocycles. The van der Waals surface area contributed by atoms with Gasteiger partial charge < -0.3 is 10.1 Å². The lowest BCUT2D eigenvalue weighted by Gasteiger charge is -2.18. The van der Waals surface area contributed by atoms with Crippen LogP contribution in [0, 0.1) is 13.8 Å². The van der Waals surface area contributed by atoms with E-state index in [-0.39, 0.29) is 0 Å². The van der Waals surface area contributed by atoms with Crippen molar-refractivity contribution in [1.82, 2.24) is 9.61 Å². The number of rotatable bonds is 6. The highest BCUT2D eigenvalue weighted by Gasteiger charge is 2.17. The number of nitrogens with zero attached hydrogens (tertiary/aromatic N) is 2. The molecule has 4 nitrogen and oxygen atoms in total. The Bertz CT molecular complexity index is 929. The van der Waals surface area contributed by atoms with E-state index in [9.17, 15) is 0 Å². The number of hydrogen-bond acceptors (Lipinski definition) is 3. The van der Waals surface area contributed by atoms with Gasteiger partial charge in [-0.3, -0.25) is 0 Å². The van der Waals surface area contributed by atoms with Gasteiger partial charge in [0.1, 0.15) is 5.75 Å². The third-order valence-corrected chi connectivity index (χ3v) is 5.14. The van der Waals surface area contributed by atoms with Crippen LogP contribution in [0.4, 0.5) is 5.69 Å². The fourth-order valence-electron chi connectivity index (χ4n) is 3.36. The average molecular weight is 372 g/mol. The van der Waals surface area contributed by atoms with Crippen LogP contribution in [0.3, 0.4) is 0 Å². The molecule has 0 aliphatic heterocycles. The zero-order valence-electron chi connectivity index (χ0n) is 16.1. The number of methoxy groups -OCH3 is 1. The van der Waals surface area contributed by atoms with Crippen molar-refractivity contribution < 1.29 is 4.74 Å². The van der Waals surface area contributed by atoms with Crippen molar-refractivity contribution in [3.8, 4) is 17.0 Å². The predicted molar refractivity (Wildman–Crippen MR) is 110 cm³/mol. The number of anilines is 1. The van der Waals surface area contributed by atoms with Gasteiger partial charge in [-0.2, -0.15) is 5.10 Å². The van der Waals surface area contributed by atoms with Gasteiger partial charge in [-0.15, -0.1) is 0 Å². The van der Waals surface area contributed by atoms with Crippen LogP contribution < -0.4 is 10.1 Å². The lowest BCUT2D eigenvalue weighted by molar-refractivity contribution is 0.415. The lowest BCUT2D eigenvalue weighted by atomic mass is 10.1. The lowest BCUT2D eigenvalue weighted by Crippen LogP contribution is -2.18. The van der Waals surface area contributed by atoms with Crippen LogP contribution in [0.15, 0.2) is 30.3 Å². The van der Waals surface area contributed by atoms with E-state index < -0.39 is 0 Å².